The Morgan fingerprint density at radius 2 is 2.50 bits per heavy atom. The van der Waals surface area contributed by atoms with Gasteiger partial charge in [0.05, 0.1) is 13.2 Å². The third-order valence-electron chi connectivity index (χ3n) is 2.58. The summed E-state index contributed by atoms with van der Waals surface area (Å²) in [5, 5.41) is 17.2. The number of aryl methyl sites for hydroxylation is 1. The third kappa shape index (κ3) is 3.89. The van der Waals surface area contributed by atoms with E-state index in [0.717, 1.165) is 4.88 Å². The van der Waals surface area contributed by atoms with Crippen LogP contribution < -0.4 is 5.32 Å². The SMILES string of the molecule is Cc1cc(C(=O)NC[C@@H](OCCO)c2cccs2)no1. The zero-order valence-electron chi connectivity index (χ0n) is 11.0. The summed E-state index contributed by atoms with van der Waals surface area (Å²) < 4.78 is 10.4. The van der Waals surface area contributed by atoms with Gasteiger partial charge in [0.2, 0.25) is 0 Å². The lowest BCUT2D eigenvalue weighted by atomic mass is 10.2. The number of carbonyl (C=O) groups excluding carboxylic acids is 1. The van der Waals surface area contributed by atoms with Crippen molar-refractivity contribution in [3.8, 4) is 0 Å². The molecule has 1 amide bonds. The molecule has 0 saturated carbocycles. The fraction of sp³-hybridized carbons (Fsp3) is 0.385. The molecule has 2 N–H and O–H groups in total. The Bertz CT molecular complexity index is 538. The van der Waals surface area contributed by atoms with Gasteiger partial charge in [-0.3, -0.25) is 4.79 Å². The molecule has 2 heterocycles. The van der Waals surface area contributed by atoms with Gasteiger partial charge >= 0.3 is 0 Å². The smallest absolute Gasteiger partial charge is 0.273 e. The highest BCUT2D eigenvalue weighted by molar-refractivity contribution is 7.10. The first-order valence-electron chi connectivity index (χ1n) is 6.18. The second-order valence-corrected chi connectivity index (χ2v) is 5.11. The van der Waals surface area contributed by atoms with Gasteiger partial charge < -0.3 is 19.7 Å². The molecule has 2 aromatic rings. The molecule has 0 unspecified atom stereocenters. The summed E-state index contributed by atoms with van der Waals surface area (Å²) in [5.41, 5.74) is 0.245. The van der Waals surface area contributed by atoms with Crippen LogP contribution in [0.3, 0.4) is 0 Å². The minimum absolute atomic E-state index is 0.0572. The van der Waals surface area contributed by atoms with Crippen molar-refractivity contribution in [2.45, 2.75) is 13.0 Å². The fourth-order valence-corrected chi connectivity index (χ4v) is 2.44. The first-order valence-corrected chi connectivity index (χ1v) is 7.06. The van der Waals surface area contributed by atoms with Crippen molar-refractivity contribution >= 4 is 17.2 Å². The average molecular weight is 296 g/mol. The Morgan fingerprint density at radius 3 is 3.10 bits per heavy atom. The Morgan fingerprint density at radius 1 is 1.65 bits per heavy atom. The minimum Gasteiger partial charge on any atom is -0.394 e. The first kappa shape index (κ1) is 14.7. The van der Waals surface area contributed by atoms with Crippen LogP contribution in [0.15, 0.2) is 28.1 Å². The summed E-state index contributed by atoms with van der Waals surface area (Å²) in [6, 6.07) is 5.42. The van der Waals surface area contributed by atoms with Crippen LogP contribution in [0.2, 0.25) is 0 Å². The predicted octanol–water partition coefficient (Wildman–Crippen LogP) is 1.52. The Hall–Kier alpha value is -1.70. The molecule has 20 heavy (non-hydrogen) atoms. The van der Waals surface area contributed by atoms with Gasteiger partial charge in [0.15, 0.2) is 5.69 Å². The van der Waals surface area contributed by atoms with Crippen LogP contribution in [0, 0.1) is 6.92 Å². The van der Waals surface area contributed by atoms with Crippen LogP contribution in [0.1, 0.15) is 27.2 Å². The molecule has 2 aromatic heterocycles. The zero-order valence-corrected chi connectivity index (χ0v) is 11.9. The van der Waals surface area contributed by atoms with Crippen LogP contribution in [-0.2, 0) is 4.74 Å². The standard InChI is InChI=1S/C13H16N2O4S/c1-9-7-10(15-19-9)13(17)14-8-11(18-5-4-16)12-3-2-6-20-12/h2-3,6-7,11,16H,4-5,8H2,1H3,(H,14,17)/t11-/m1/s1. The van der Waals surface area contributed by atoms with E-state index in [0.29, 0.717) is 12.3 Å². The van der Waals surface area contributed by atoms with Crippen molar-refractivity contribution in [2.75, 3.05) is 19.8 Å². The van der Waals surface area contributed by atoms with E-state index in [-0.39, 0.29) is 30.9 Å². The highest BCUT2D eigenvalue weighted by Crippen LogP contribution is 2.21. The van der Waals surface area contributed by atoms with Gasteiger partial charge in [-0.15, -0.1) is 11.3 Å². The number of aliphatic hydroxyl groups is 1. The summed E-state index contributed by atoms with van der Waals surface area (Å²) in [5.74, 6) is 0.275. The molecule has 1 atom stereocenters. The van der Waals surface area contributed by atoms with E-state index in [9.17, 15) is 4.79 Å². The molecule has 0 saturated heterocycles. The van der Waals surface area contributed by atoms with E-state index in [4.69, 9.17) is 14.4 Å². The number of amides is 1. The van der Waals surface area contributed by atoms with Crippen LogP contribution >= 0.6 is 11.3 Å². The maximum atomic E-state index is 11.9. The maximum absolute atomic E-state index is 11.9. The normalized spacial score (nSPS) is 12.3. The van der Waals surface area contributed by atoms with Crippen molar-refractivity contribution in [1.29, 1.82) is 0 Å². The quantitative estimate of drug-likeness (QED) is 0.809. The first-order chi connectivity index (χ1) is 9.70. The molecule has 0 spiro atoms. The van der Waals surface area contributed by atoms with Crippen LogP contribution in [-0.4, -0.2) is 35.9 Å². The van der Waals surface area contributed by atoms with E-state index in [1.807, 2.05) is 17.5 Å². The highest BCUT2D eigenvalue weighted by Gasteiger charge is 2.16. The predicted molar refractivity (Wildman–Crippen MR) is 73.7 cm³/mol. The molecule has 0 fully saturated rings. The van der Waals surface area contributed by atoms with Crippen LogP contribution in [0.5, 0.6) is 0 Å². The molecular formula is C13H16N2O4S. The molecule has 7 heteroatoms. The molecular weight excluding hydrogens is 280 g/mol. The summed E-state index contributed by atoms with van der Waals surface area (Å²) in [7, 11) is 0. The summed E-state index contributed by atoms with van der Waals surface area (Å²) in [6.45, 7) is 2.20. The molecule has 0 radical (unpaired) electrons. The van der Waals surface area contributed by atoms with Gasteiger partial charge in [-0.1, -0.05) is 11.2 Å². The fourth-order valence-electron chi connectivity index (χ4n) is 1.66. The second-order valence-electron chi connectivity index (χ2n) is 4.13. The van der Waals surface area contributed by atoms with Gasteiger partial charge in [0.25, 0.3) is 5.91 Å². The number of aliphatic hydroxyl groups excluding tert-OH is 1. The van der Waals surface area contributed by atoms with Crippen LogP contribution in [0.25, 0.3) is 0 Å². The van der Waals surface area contributed by atoms with Crippen molar-refractivity contribution in [1.82, 2.24) is 10.5 Å². The number of aromatic nitrogens is 1. The number of thiophene rings is 1. The number of hydrogen-bond acceptors (Lipinski definition) is 6. The van der Waals surface area contributed by atoms with Gasteiger partial charge in [-0.2, -0.15) is 0 Å². The highest BCUT2D eigenvalue weighted by atomic mass is 32.1. The molecule has 0 aliphatic rings. The Kier molecular flexibility index (Phi) is 5.28. The number of carbonyl (C=O) groups is 1. The maximum Gasteiger partial charge on any atom is 0.273 e. The topological polar surface area (TPSA) is 84.6 Å². The summed E-state index contributed by atoms with van der Waals surface area (Å²) in [4.78, 5) is 12.9. The van der Waals surface area contributed by atoms with Crippen molar-refractivity contribution in [2.24, 2.45) is 0 Å². The monoisotopic (exact) mass is 296 g/mol. The molecule has 0 aromatic carbocycles. The molecule has 0 aliphatic carbocycles. The number of rotatable bonds is 7. The summed E-state index contributed by atoms with van der Waals surface area (Å²) in [6.07, 6.45) is -0.279. The second kappa shape index (κ2) is 7.18. The van der Waals surface area contributed by atoms with Crippen molar-refractivity contribution in [3.05, 3.63) is 39.9 Å². The number of hydrogen-bond donors (Lipinski definition) is 2. The molecule has 0 aliphatic heterocycles. The van der Waals surface area contributed by atoms with E-state index >= 15 is 0 Å². The van der Waals surface area contributed by atoms with Crippen molar-refractivity contribution in [3.63, 3.8) is 0 Å². The van der Waals surface area contributed by atoms with Crippen LogP contribution in [0.4, 0.5) is 0 Å². The average Bonchev–Trinajstić information content (AvgIpc) is 3.10. The molecule has 108 valence electrons. The van der Waals surface area contributed by atoms with Gasteiger partial charge in [-0.05, 0) is 18.4 Å². The zero-order chi connectivity index (χ0) is 14.4. The number of nitrogens with zero attached hydrogens (tertiary/aromatic N) is 1. The number of ether oxygens (including phenoxy) is 1. The van der Waals surface area contributed by atoms with Gasteiger partial charge in [0.1, 0.15) is 11.9 Å². The lowest BCUT2D eigenvalue weighted by Crippen LogP contribution is -2.29. The van der Waals surface area contributed by atoms with E-state index in [1.54, 1.807) is 24.3 Å². The van der Waals surface area contributed by atoms with Gasteiger partial charge in [0, 0.05) is 17.5 Å². The minimum atomic E-state index is -0.309. The summed E-state index contributed by atoms with van der Waals surface area (Å²) >= 11 is 1.54. The van der Waals surface area contributed by atoms with Gasteiger partial charge in [-0.25, -0.2) is 0 Å². The van der Waals surface area contributed by atoms with E-state index < -0.39 is 0 Å². The van der Waals surface area contributed by atoms with E-state index in [2.05, 4.69) is 10.5 Å². The molecule has 6 nitrogen and oxygen atoms in total. The van der Waals surface area contributed by atoms with Crippen molar-refractivity contribution < 1.29 is 19.2 Å². The largest absolute Gasteiger partial charge is 0.394 e. The Labute approximate surface area is 120 Å². The number of nitrogens with one attached hydrogen (secondary N) is 1. The van der Waals surface area contributed by atoms with E-state index in [1.165, 1.54) is 0 Å². The lowest BCUT2D eigenvalue weighted by molar-refractivity contribution is 0.0295. The molecule has 0 bridgehead atoms. The third-order valence-corrected chi connectivity index (χ3v) is 3.54. The molecule has 2 rings (SSSR count). The lowest BCUT2D eigenvalue weighted by Gasteiger charge is -2.16. The Balaban J connectivity index is 1.93.